The SMILES string of the molecule is O=C(N[C@@H](CCO)Cc1ccccn1)c1cc(CO)ccc1C1=NCC(c2ccc(F)cc2)=C1. The first kappa shape index (κ1) is 23.5. The summed E-state index contributed by atoms with van der Waals surface area (Å²) in [5.41, 5.74) is 4.92. The van der Waals surface area contributed by atoms with E-state index in [0.717, 1.165) is 16.8 Å². The summed E-state index contributed by atoms with van der Waals surface area (Å²) >= 11 is 0. The largest absolute Gasteiger partial charge is 0.396 e. The van der Waals surface area contributed by atoms with Gasteiger partial charge in [0.05, 0.1) is 18.9 Å². The fraction of sp³-hybridized carbons (Fsp3) is 0.222. The number of aromatic nitrogens is 1. The lowest BCUT2D eigenvalue weighted by Crippen LogP contribution is -2.38. The summed E-state index contributed by atoms with van der Waals surface area (Å²) in [6.45, 7) is 0.159. The average Bonchev–Trinajstić information content (AvgIpc) is 3.35. The summed E-state index contributed by atoms with van der Waals surface area (Å²) < 4.78 is 13.3. The maximum Gasteiger partial charge on any atom is 0.252 e. The number of benzene rings is 2. The molecule has 1 atom stereocenters. The number of nitrogens with zero attached hydrogens (tertiary/aromatic N) is 2. The van der Waals surface area contributed by atoms with Crippen molar-refractivity contribution in [3.05, 3.63) is 107 Å². The van der Waals surface area contributed by atoms with Gasteiger partial charge in [-0.3, -0.25) is 14.8 Å². The van der Waals surface area contributed by atoms with Crippen LogP contribution in [0.3, 0.4) is 0 Å². The number of aliphatic hydroxyl groups excluding tert-OH is 2. The maximum absolute atomic E-state index is 13.3. The van der Waals surface area contributed by atoms with Crippen LogP contribution < -0.4 is 5.32 Å². The maximum atomic E-state index is 13.3. The Labute approximate surface area is 197 Å². The Morgan fingerprint density at radius 2 is 1.91 bits per heavy atom. The average molecular weight is 460 g/mol. The van der Waals surface area contributed by atoms with Gasteiger partial charge in [-0.2, -0.15) is 0 Å². The van der Waals surface area contributed by atoms with E-state index in [0.29, 0.717) is 41.8 Å². The Bertz CT molecular complexity index is 1210. The zero-order valence-corrected chi connectivity index (χ0v) is 18.6. The number of rotatable bonds is 9. The molecule has 0 aliphatic carbocycles. The Kier molecular flexibility index (Phi) is 7.57. The van der Waals surface area contributed by atoms with Gasteiger partial charge in [-0.15, -0.1) is 0 Å². The number of aliphatic imine (C=N–C) groups is 1. The van der Waals surface area contributed by atoms with Crippen molar-refractivity contribution in [2.24, 2.45) is 4.99 Å². The van der Waals surface area contributed by atoms with Gasteiger partial charge in [-0.25, -0.2) is 4.39 Å². The molecule has 1 aliphatic rings. The zero-order chi connectivity index (χ0) is 23.9. The highest BCUT2D eigenvalue weighted by molar-refractivity contribution is 6.19. The van der Waals surface area contributed by atoms with E-state index < -0.39 is 0 Å². The molecule has 1 aromatic heterocycles. The van der Waals surface area contributed by atoms with Gasteiger partial charge in [-0.1, -0.05) is 30.3 Å². The number of aliphatic hydroxyl groups is 2. The Morgan fingerprint density at radius 3 is 2.62 bits per heavy atom. The lowest BCUT2D eigenvalue weighted by Gasteiger charge is -2.19. The molecule has 0 bridgehead atoms. The van der Waals surface area contributed by atoms with E-state index >= 15 is 0 Å². The molecular weight excluding hydrogens is 433 g/mol. The molecule has 3 aromatic rings. The van der Waals surface area contributed by atoms with E-state index in [1.807, 2.05) is 24.3 Å². The minimum absolute atomic E-state index is 0.0716. The van der Waals surface area contributed by atoms with Crippen LogP contribution in [-0.4, -0.2) is 46.0 Å². The quantitative estimate of drug-likeness (QED) is 0.458. The summed E-state index contributed by atoms with van der Waals surface area (Å²) in [6, 6.07) is 16.7. The lowest BCUT2D eigenvalue weighted by molar-refractivity contribution is 0.0929. The van der Waals surface area contributed by atoms with Gasteiger partial charge >= 0.3 is 0 Å². The van der Waals surface area contributed by atoms with E-state index in [1.54, 1.807) is 36.5 Å². The second kappa shape index (κ2) is 11.0. The fourth-order valence-corrected chi connectivity index (χ4v) is 3.94. The van der Waals surface area contributed by atoms with Crippen LogP contribution in [0.15, 0.2) is 77.9 Å². The van der Waals surface area contributed by atoms with Crippen LogP contribution in [0.2, 0.25) is 0 Å². The molecule has 2 aromatic carbocycles. The van der Waals surface area contributed by atoms with Crippen LogP contribution in [0.25, 0.3) is 5.57 Å². The highest BCUT2D eigenvalue weighted by atomic mass is 19.1. The first-order chi connectivity index (χ1) is 16.6. The number of allylic oxidation sites excluding steroid dienone is 1. The predicted molar refractivity (Wildman–Crippen MR) is 129 cm³/mol. The molecule has 34 heavy (non-hydrogen) atoms. The second-order valence-corrected chi connectivity index (χ2v) is 8.12. The molecule has 1 amide bonds. The Hall–Kier alpha value is -3.68. The van der Waals surface area contributed by atoms with E-state index in [4.69, 9.17) is 0 Å². The van der Waals surface area contributed by atoms with Crippen LogP contribution >= 0.6 is 0 Å². The molecule has 3 N–H and O–H groups in total. The summed E-state index contributed by atoms with van der Waals surface area (Å²) in [6.07, 6.45) is 4.46. The van der Waals surface area contributed by atoms with E-state index in [1.165, 1.54) is 12.1 Å². The third-order valence-corrected chi connectivity index (χ3v) is 5.73. The third kappa shape index (κ3) is 5.62. The lowest BCUT2D eigenvalue weighted by atomic mass is 9.97. The van der Waals surface area contributed by atoms with Crippen molar-refractivity contribution in [2.75, 3.05) is 13.2 Å². The number of hydrogen-bond donors (Lipinski definition) is 3. The number of halogens is 1. The van der Waals surface area contributed by atoms with E-state index in [2.05, 4.69) is 15.3 Å². The molecule has 0 saturated heterocycles. The van der Waals surface area contributed by atoms with Gasteiger partial charge in [0, 0.05) is 42.1 Å². The first-order valence-corrected chi connectivity index (χ1v) is 11.1. The minimum Gasteiger partial charge on any atom is -0.396 e. The Morgan fingerprint density at radius 1 is 1.09 bits per heavy atom. The van der Waals surface area contributed by atoms with Crippen molar-refractivity contribution < 1.29 is 19.4 Å². The van der Waals surface area contributed by atoms with Gasteiger partial charge in [0.15, 0.2) is 0 Å². The third-order valence-electron chi connectivity index (χ3n) is 5.73. The molecule has 0 spiro atoms. The summed E-state index contributed by atoms with van der Waals surface area (Å²) in [5, 5.41) is 22.1. The smallest absolute Gasteiger partial charge is 0.252 e. The molecule has 0 unspecified atom stereocenters. The van der Waals surface area contributed by atoms with Crippen molar-refractivity contribution in [1.82, 2.24) is 10.3 Å². The standard InChI is InChI=1S/C27H26FN3O3/c28-21-7-5-19(6-8-21)20-14-26(30-16-20)24-9-4-18(17-33)13-25(24)27(34)31-23(10-12-32)15-22-3-1-2-11-29-22/h1-9,11,13-14,23,32-33H,10,12,15-17H2,(H,31,34)/t23-/m0/s1. The summed E-state index contributed by atoms with van der Waals surface area (Å²) in [7, 11) is 0. The van der Waals surface area contributed by atoms with Crippen molar-refractivity contribution in [3.8, 4) is 0 Å². The summed E-state index contributed by atoms with van der Waals surface area (Å²) in [4.78, 5) is 22.3. The fourth-order valence-electron chi connectivity index (χ4n) is 3.94. The number of pyridine rings is 1. The van der Waals surface area contributed by atoms with E-state index in [-0.39, 0.29) is 31.0 Å². The molecule has 0 fully saturated rings. The molecule has 174 valence electrons. The van der Waals surface area contributed by atoms with E-state index in [9.17, 15) is 19.4 Å². The van der Waals surface area contributed by atoms with Gasteiger partial charge < -0.3 is 15.5 Å². The van der Waals surface area contributed by atoms with Crippen LogP contribution in [0.5, 0.6) is 0 Å². The molecule has 7 heteroatoms. The minimum atomic E-state index is -0.314. The zero-order valence-electron chi connectivity index (χ0n) is 18.6. The molecule has 2 heterocycles. The highest BCUT2D eigenvalue weighted by Crippen LogP contribution is 2.24. The topological polar surface area (TPSA) is 94.8 Å². The number of amides is 1. The molecule has 1 aliphatic heterocycles. The second-order valence-electron chi connectivity index (χ2n) is 8.12. The van der Waals surface area contributed by atoms with Crippen molar-refractivity contribution in [3.63, 3.8) is 0 Å². The summed E-state index contributed by atoms with van der Waals surface area (Å²) in [5.74, 6) is -0.615. The first-order valence-electron chi connectivity index (χ1n) is 11.1. The van der Waals surface area contributed by atoms with Gasteiger partial charge in [0.1, 0.15) is 5.82 Å². The molecule has 4 rings (SSSR count). The van der Waals surface area contributed by atoms with Gasteiger partial charge in [0.25, 0.3) is 5.91 Å². The van der Waals surface area contributed by atoms with Crippen molar-refractivity contribution in [1.29, 1.82) is 0 Å². The van der Waals surface area contributed by atoms with Crippen LogP contribution in [-0.2, 0) is 13.0 Å². The van der Waals surface area contributed by atoms with Crippen molar-refractivity contribution >= 4 is 17.2 Å². The molecule has 0 radical (unpaired) electrons. The van der Waals surface area contributed by atoms with Crippen LogP contribution in [0, 0.1) is 5.82 Å². The van der Waals surface area contributed by atoms with Crippen LogP contribution in [0.4, 0.5) is 4.39 Å². The normalized spacial score (nSPS) is 13.9. The Balaban J connectivity index is 1.60. The molecular formula is C27H26FN3O3. The number of nitrogens with one attached hydrogen (secondary N) is 1. The molecule has 6 nitrogen and oxygen atoms in total. The highest BCUT2D eigenvalue weighted by Gasteiger charge is 2.21. The van der Waals surface area contributed by atoms with Crippen LogP contribution in [0.1, 0.15) is 39.2 Å². The monoisotopic (exact) mass is 459 g/mol. The van der Waals surface area contributed by atoms with Gasteiger partial charge in [0.2, 0.25) is 0 Å². The predicted octanol–water partition coefficient (Wildman–Crippen LogP) is 3.32. The van der Waals surface area contributed by atoms with Crippen molar-refractivity contribution in [2.45, 2.75) is 25.5 Å². The molecule has 0 saturated carbocycles. The number of hydrogen-bond acceptors (Lipinski definition) is 5. The number of carbonyl (C=O) groups is 1. The van der Waals surface area contributed by atoms with Gasteiger partial charge in [-0.05, 0) is 59.5 Å². The number of carbonyl (C=O) groups excluding carboxylic acids is 1.